The summed E-state index contributed by atoms with van der Waals surface area (Å²) in [4.78, 5) is 0. The average Bonchev–Trinajstić information content (AvgIpc) is 3.34. The van der Waals surface area contributed by atoms with Crippen molar-refractivity contribution in [1.82, 2.24) is 0 Å². The molecule has 0 N–H and O–H groups in total. The van der Waals surface area contributed by atoms with E-state index in [0.717, 1.165) is 21.2 Å². The van der Waals surface area contributed by atoms with Crippen molar-refractivity contribution in [1.29, 1.82) is 0 Å². The van der Waals surface area contributed by atoms with E-state index in [1.807, 2.05) is 0 Å². The van der Waals surface area contributed by atoms with Crippen molar-refractivity contribution < 1.29 is 0 Å². The van der Waals surface area contributed by atoms with Crippen LogP contribution in [0, 0.1) is 5.41 Å². The average molecular weight is 685 g/mol. The molecule has 0 aromatic heterocycles. The van der Waals surface area contributed by atoms with Crippen LogP contribution in [0.3, 0.4) is 0 Å². The van der Waals surface area contributed by atoms with Gasteiger partial charge in [0.1, 0.15) is 0 Å². The SMILES string of the molecule is CCC(C[Te]CC1CS1)(C[Te]CC1CS1)C[Te]CC1CS1. The molecule has 3 aliphatic heterocycles. The Morgan fingerprint density at radius 2 is 1.10 bits per heavy atom. The van der Waals surface area contributed by atoms with Gasteiger partial charge in [-0.25, -0.2) is 0 Å². The molecular weight excluding hydrogens is 659 g/mol. The Labute approximate surface area is 174 Å². The van der Waals surface area contributed by atoms with Crippen LogP contribution >= 0.6 is 35.3 Å². The van der Waals surface area contributed by atoms with Gasteiger partial charge in [-0.05, 0) is 0 Å². The number of hydrogen-bond acceptors (Lipinski definition) is 3. The molecule has 0 aliphatic carbocycles. The molecule has 3 fully saturated rings. The summed E-state index contributed by atoms with van der Waals surface area (Å²) >= 11 is 7.71. The second-order valence-corrected chi connectivity index (χ2v) is 19.1. The predicted molar refractivity (Wildman–Crippen MR) is 108 cm³/mol. The van der Waals surface area contributed by atoms with Crippen LogP contribution in [0.2, 0.25) is 26.8 Å². The van der Waals surface area contributed by atoms with Crippen LogP contribution in [0.4, 0.5) is 0 Å². The summed E-state index contributed by atoms with van der Waals surface area (Å²) in [5, 5.41) is 3.38. The Morgan fingerprint density at radius 3 is 1.33 bits per heavy atom. The van der Waals surface area contributed by atoms with Gasteiger partial charge in [0.15, 0.2) is 0 Å². The molecule has 3 rings (SSSR count). The van der Waals surface area contributed by atoms with Gasteiger partial charge in [-0.2, -0.15) is 0 Å². The number of rotatable bonds is 13. The van der Waals surface area contributed by atoms with Gasteiger partial charge in [-0.1, -0.05) is 0 Å². The van der Waals surface area contributed by atoms with Crippen molar-refractivity contribution in [3.63, 3.8) is 0 Å². The van der Waals surface area contributed by atoms with Crippen molar-refractivity contribution >= 4 is 98.1 Å². The molecule has 3 atom stereocenters. The van der Waals surface area contributed by atoms with E-state index in [1.165, 1.54) is 23.7 Å². The zero-order chi connectivity index (χ0) is 14.5. The minimum absolute atomic E-state index is 0.340. The van der Waals surface area contributed by atoms with Crippen LogP contribution in [0.1, 0.15) is 13.3 Å². The second-order valence-electron chi connectivity index (χ2n) is 6.26. The first kappa shape index (κ1) is 19.2. The molecule has 122 valence electrons. The van der Waals surface area contributed by atoms with E-state index >= 15 is 0 Å². The third kappa shape index (κ3) is 8.10. The maximum absolute atomic E-state index is 2.54. The van der Waals surface area contributed by atoms with Crippen LogP contribution in [-0.4, -0.2) is 95.8 Å². The normalized spacial score (nSPS) is 32.7. The van der Waals surface area contributed by atoms with E-state index in [1.54, 1.807) is 26.8 Å². The Kier molecular flexibility index (Phi) is 9.08. The van der Waals surface area contributed by atoms with Crippen LogP contribution in [-0.2, 0) is 0 Å². The van der Waals surface area contributed by atoms with Gasteiger partial charge in [-0.3, -0.25) is 0 Å². The van der Waals surface area contributed by atoms with Crippen LogP contribution < -0.4 is 0 Å². The van der Waals surface area contributed by atoms with E-state index < -0.39 is 0 Å². The molecule has 6 heteroatoms. The third-order valence-electron chi connectivity index (χ3n) is 4.09. The van der Waals surface area contributed by atoms with E-state index in [2.05, 4.69) is 42.2 Å². The summed E-state index contributed by atoms with van der Waals surface area (Å²) in [5.41, 5.74) is 0.880. The summed E-state index contributed by atoms with van der Waals surface area (Å²) in [6.07, 6.45) is 1.53. The fourth-order valence-electron chi connectivity index (χ4n) is 2.14. The van der Waals surface area contributed by atoms with Crippen molar-refractivity contribution in [3.8, 4) is 0 Å². The Bertz CT molecular complexity index is 272. The summed E-state index contributed by atoms with van der Waals surface area (Å²) in [6.45, 7) is 2.54. The Morgan fingerprint density at radius 1 is 0.762 bits per heavy atom. The van der Waals surface area contributed by atoms with Crippen molar-refractivity contribution in [3.05, 3.63) is 0 Å². The molecule has 0 nitrogen and oxygen atoms in total. The fraction of sp³-hybridized carbons (Fsp3) is 1.00. The topological polar surface area (TPSA) is 0 Å². The molecule has 3 heterocycles. The molecule has 0 radical (unpaired) electrons. The van der Waals surface area contributed by atoms with Crippen LogP contribution in [0.15, 0.2) is 0 Å². The molecular formula is C15H26S3Te3. The predicted octanol–water partition coefficient (Wildman–Crippen LogP) is 4.35. The molecule has 0 aromatic carbocycles. The molecule has 3 aliphatic rings. The number of thioether (sulfide) groups is 3. The molecule has 0 aromatic rings. The minimum atomic E-state index is 0.340. The van der Waals surface area contributed by atoms with Gasteiger partial charge in [0.2, 0.25) is 0 Å². The van der Waals surface area contributed by atoms with Gasteiger partial charge >= 0.3 is 177 Å². The fourth-order valence-corrected chi connectivity index (χ4v) is 24.2. The number of hydrogen-bond donors (Lipinski definition) is 0. The second kappa shape index (κ2) is 9.94. The Balaban J connectivity index is 1.41. The summed E-state index contributed by atoms with van der Waals surface area (Å²) < 4.78 is 10.1. The van der Waals surface area contributed by atoms with Gasteiger partial charge in [-0.15, -0.1) is 0 Å². The first-order chi connectivity index (χ1) is 10.3. The first-order valence-electron chi connectivity index (χ1n) is 7.88. The van der Waals surface area contributed by atoms with E-state index in [-0.39, 0.29) is 0 Å². The molecule has 3 unspecified atom stereocenters. The van der Waals surface area contributed by atoms with Crippen molar-refractivity contribution in [2.45, 2.75) is 55.9 Å². The Hall–Kier alpha value is 3.42. The van der Waals surface area contributed by atoms with E-state index in [0.29, 0.717) is 62.8 Å². The molecule has 0 amide bonds. The summed E-state index contributed by atoms with van der Waals surface area (Å²) in [7, 11) is 0. The molecule has 0 bridgehead atoms. The maximum atomic E-state index is 2.54. The molecule has 0 spiro atoms. The zero-order valence-corrected chi connectivity index (χ0v) is 22.2. The molecule has 21 heavy (non-hydrogen) atoms. The first-order valence-corrected chi connectivity index (χ1v) is 20.9. The van der Waals surface area contributed by atoms with Crippen molar-refractivity contribution in [2.75, 3.05) is 17.3 Å². The van der Waals surface area contributed by atoms with Gasteiger partial charge in [0.05, 0.1) is 0 Å². The van der Waals surface area contributed by atoms with Gasteiger partial charge in [0, 0.05) is 0 Å². The van der Waals surface area contributed by atoms with E-state index in [4.69, 9.17) is 0 Å². The van der Waals surface area contributed by atoms with Crippen LogP contribution in [0.25, 0.3) is 0 Å². The monoisotopic (exact) mass is 692 g/mol. The standard InChI is InChI=1S/C15H26S3Te3/c1-2-15(9-19-6-12-3-16-12,10-20-7-13-4-17-13)11-21-8-14-5-18-14/h12-14H,2-11H2,1H3. The summed E-state index contributed by atoms with van der Waals surface area (Å²) in [5.74, 6) is 4.51. The van der Waals surface area contributed by atoms with E-state index in [9.17, 15) is 0 Å². The zero-order valence-electron chi connectivity index (χ0n) is 12.8. The van der Waals surface area contributed by atoms with Crippen LogP contribution in [0.5, 0.6) is 0 Å². The van der Waals surface area contributed by atoms with Gasteiger partial charge in [0.25, 0.3) is 0 Å². The van der Waals surface area contributed by atoms with Gasteiger partial charge < -0.3 is 0 Å². The van der Waals surface area contributed by atoms with Crippen molar-refractivity contribution in [2.24, 2.45) is 5.41 Å². The molecule has 0 saturated carbocycles. The molecule has 3 saturated heterocycles. The summed E-state index contributed by atoms with van der Waals surface area (Å²) in [6, 6.07) is 0. The third-order valence-corrected chi connectivity index (χ3v) is 21.4. The quantitative estimate of drug-likeness (QED) is 0.209.